The van der Waals surface area contributed by atoms with Crippen LogP contribution < -0.4 is 0 Å². The van der Waals surface area contributed by atoms with Gasteiger partial charge < -0.3 is 0 Å². The summed E-state index contributed by atoms with van der Waals surface area (Å²) in [6.45, 7) is 0. The van der Waals surface area contributed by atoms with Crippen molar-refractivity contribution in [2.75, 3.05) is 0 Å². The number of fused-ring (bicyclic) bond motifs is 8. The average molecular weight is 695 g/mol. The van der Waals surface area contributed by atoms with Crippen LogP contribution in [0.3, 0.4) is 0 Å². The largest absolute Gasteiger partial charge is 0.134 e. The minimum atomic E-state index is 1.22. The van der Waals surface area contributed by atoms with Gasteiger partial charge in [0.1, 0.15) is 0 Å². The highest BCUT2D eigenvalue weighted by molar-refractivity contribution is 7.36. The van der Waals surface area contributed by atoms with E-state index in [0.717, 1.165) is 0 Å². The first-order valence-corrected chi connectivity index (χ1v) is 19.4. The van der Waals surface area contributed by atoms with Crippen molar-refractivity contribution in [3.63, 3.8) is 0 Å². The highest BCUT2D eigenvalue weighted by Gasteiger charge is 2.14. The molecule has 0 fully saturated rings. The molecule has 0 aliphatic rings. The third-order valence-corrected chi connectivity index (χ3v) is 13.1. The molecule has 0 saturated carbocycles. The van der Waals surface area contributed by atoms with Crippen molar-refractivity contribution in [3.05, 3.63) is 182 Å². The number of thiophene rings is 2. The summed E-state index contributed by atoms with van der Waals surface area (Å²) in [4.78, 5) is 0. The van der Waals surface area contributed by atoms with Crippen LogP contribution in [0.15, 0.2) is 182 Å². The van der Waals surface area contributed by atoms with Crippen molar-refractivity contribution in [3.8, 4) is 44.5 Å². The molecule has 0 aliphatic heterocycles. The Hall–Kier alpha value is -6.06. The highest BCUT2D eigenvalue weighted by atomic mass is 32.1. The van der Waals surface area contributed by atoms with E-state index in [9.17, 15) is 0 Å². The lowest BCUT2D eigenvalue weighted by atomic mass is 9.96. The van der Waals surface area contributed by atoms with E-state index in [1.165, 1.54) is 106 Å². The molecule has 242 valence electrons. The first-order valence-electron chi connectivity index (χ1n) is 17.7. The second-order valence-corrected chi connectivity index (χ2v) is 15.9. The highest BCUT2D eigenvalue weighted by Crippen LogP contribution is 2.46. The van der Waals surface area contributed by atoms with Gasteiger partial charge in [-0.15, -0.1) is 22.7 Å². The topological polar surface area (TPSA) is 0 Å². The van der Waals surface area contributed by atoms with Crippen LogP contribution in [-0.2, 0) is 0 Å². The van der Waals surface area contributed by atoms with Crippen LogP contribution in [-0.4, -0.2) is 0 Å². The zero-order valence-electron chi connectivity index (χ0n) is 28.1. The van der Waals surface area contributed by atoms with Crippen LogP contribution in [0.2, 0.25) is 0 Å². The third kappa shape index (κ3) is 4.95. The summed E-state index contributed by atoms with van der Waals surface area (Å²) >= 11 is 3.86. The molecule has 0 nitrogen and oxygen atoms in total. The van der Waals surface area contributed by atoms with E-state index in [1.54, 1.807) is 0 Å². The summed E-state index contributed by atoms with van der Waals surface area (Å²) in [5.41, 5.74) is 9.86. The summed E-state index contributed by atoms with van der Waals surface area (Å²) in [6.07, 6.45) is 0. The number of hydrogen-bond donors (Lipinski definition) is 0. The maximum atomic E-state index is 2.40. The van der Waals surface area contributed by atoms with Crippen molar-refractivity contribution in [2.45, 2.75) is 0 Å². The molecule has 2 heterocycles. The Morgan fingerprint density at radius 1 is 0.231 bits per heavy atom. The standard InChI is InChI=1S/C50H30S2/c1-2-6-38-25-41(22-21-31(38)5-1)36-17-13-34(14-18-36)32-9-11-33(12-10-32)35-15-19-37(20-16-35)42-23-24-43-28-46-48(30-44(43)26-42)52-49-45-27-39-7-3-4-8-40(39)29-47(45)51-50(46)49/h1-30H. The van der Waals surface area contributed by atoms with Crippen molar-refractivity contribution >= 4 is 84.6 Å². The molecule has 0 atom stereocenters. The monoisotopic (exact) mass is 694 g/mol. The summed E-state index contributed by atoms with van der Waals surface area (Å²) < 4.78 is 5.56. The van der Waals surface area contributed by atoms with Crippen LogP contribution >= 0.6 is 22.7 Å². The van der Waals surface area contributed by atoms with Crippen LogP contribution in [0.25, 0.3) is 106 Å². The van der Waals surface area contributed by atoms with Gasteiger partial charge >= 0.3 is 0 Å². The minimum Gasteiger partial charge on any atom is -0.134 e. The summed E-state index contributed by atoms with van der Waals surface area (Å²) in [5, 5.41) is 10.5. The maximum absolute atomic E-state index is 2.40. The Morgan fingerprint density at radius 2 is 0.538 bits per heavy atom. The van der Waals surface area contributed by atoms with E-state index < -0.39 is 0 Å². The van der Waals surface area contributed by atoms with Crippen molar-refractivity contribution in [1.82, 2.24) is 0 Å². The molecule has 0 unspecified atom stereocenters. The molecule has 11 aromatic rings. The second kappa shape index (κ2) is 11.7. The molecule has 0 radical (unpaired) electrons. The Balaban J connectivity index is 0.849. The van der Waals surface area contributed by atoms with Crippen molar-refractivity contribution < 1.29 is 0 Å². The fourth-order valence-corrected chi connectivity index (χ4v) is 10.5. The van der Waals surface area contributed by atoms with Gasteiger partial charge in [-0.05, 0) is 113 Å². The summed E-state index contributed by atoms with van der Waals surface area (Å²) in [7, 11) is 0. The molecule has 52 heavy (non-hydrogen) atoms. The van der Waals surface area contributed by atoms with E-state index in [0.29, 0.717) is 0 Å². The van der Waals surface area contributed by atoms with Crippen LogP contribution in [0, 0.1) is 0 Å². The summed E-state index contributed by atoms with van der Waals surface area (Å²) in [5.74, 6) is 0. The van der Waals surface area contributed by atoms with Crippen molar-refractivity contribution in [2.24, 2.45) is 0 Å². The van der Waals surface area contributed by atoms with Crippen LogP contribution in [0.5, 0.6) is 0 Å². The van der Waals surface area contributed by atoms with Gasteiger partial charge in [-0.2, -0.15) is 0 Å². The first kappa shape index (κ1) is 29.6. The second-order valence-electron chi connectivity index (χ2n) is 13.8. The molecule has 11 rings (SSSR count). The maximum Gasteiger partial charge on any atom is 0.0542 e. The van der Waals surface area contributed by atoms with Crippen LogP contribution in [0.1, 0.15) is 0 Å². The third-order valence-electron chi connectivity index (χ3n) is 10.6. The predicted molar refractivity (Wildman–Crippen MR) is 229 cm³/mol. The lowest BCUT2D eigenvalue weighted by molar-refractivity contribution is 1.58. The van der Waals surface area contributed by atoms with E-state index in [4.69, 9.17) is 0 Å². The van der Waals surface area contributed by atoms with Gasteiger partial charge in [0.2, 0.25) is 0 Å². The molecule has 0 spiro atoms. The predicted octanol–water partition coefficient (Wildman–Crippen LogP) is 15.4. The molecule has 0 saturated heterocycles. The smallest absolute Gasteiger partial charge is 0.0542 e. The molecule has 0 N–H and O–H groups in total. The number of benzene rings is 9. The molecule has 0 amide bonds. The Morgan fingerprint density at radius 3 is 1.02 bits per heavy atom. The number of hydrogen-bond acceptors (Lipinski definition) is 2. The van der Waals surface area contributed by atoms with Gasteiger partial charge in [0, 0.05) is 20.2 Å². The van der Waals surface area contributed by atoms with E-state index in [1.807, 2.05) is 22.7 Å². The van der Waals surface area contributed by atoms with Crippen molar-refractivity contribution in [1.29, 1.82) is 0 Å². The SMILES string of the molecule is c1ccc2cc(-c3ccc(-c4ccc(-c5ccc(-c6ccc7cc8c(cc7c6)sc6c7cc9ccccc9cc7sc86)cc5)cc4)cc3)ccc2c1. The Kier molecular flexibility index (Phi) is 6.70. The first-order chi connectivity index (χ1) is 25.7. The van der Waals surface area contributed by atoms with Gasteiger partial charge in [-0.3, -0.25) is 0 Å². The zero-order valence-corrected chi connectivity index (χ0v) is 29.8. The lowest BCUT2D eigenvalue weighted by Crippen LogP contribution is -1.83. The Bertz CT molecular complexity index is 3140. The lowest BCUT2D eigenvalue weighted by Gasteiger charge is -2.09. The van der Waals surface area contributed by atoms with E-state index in [-0.39, 0.29) is 0 Å². The van der Waals surface area contributed by atoms with Gasteiger partial charge in [-0.1, -0.05) is 146 Å². The molecular weight excluding hydrogens is 665 g/mol. The number of rotatable bonds is 4. The quantitative estimate of drug-likeness (QED) is 0.172. The molecule has 2 aromatic heterocycles. The molecule has 0 bridgehead atoms. The summed E-state index contributed by atoms with van der Waals surface area (Å²) in [6, 6.07) is 67.2. The normalized spacial score (nSPS) is 11.8. The molecule has 9 aromatic carbocycles. The van der Waals surface area contributed by atoms with Gasteiger partial charge in [0.05, 0.1) is 9.40 Å². The molecular formula is C50H30S2. The van der Waals surface area contributed by atoms with Gasteiger partial charge in [0.25, 0.3) is 0 Å². The van der Waals surface area contributed by atoms with Crippen LogP contribution in [0.4, 0.5) is 0 Å². The molecule has 0 aliphatic carbocycles. The molecule has 2 heteroatoms. The minimum absolute atomic E-state index is 1.22. The Labute approximate surface area is 309 Å². The van der Waals surface area contributed by atoms with E-state index in [2.05, 4.69) is 182 Å². The average Bonchev–Trinajstić information content (AvgIpc) is 3.74. The fraction of sp³-hybridized carbons (Fsp3) is 0. The zero-order chi connectivity index (χ0) is 34.2. The van der Waals surface area contributed by atoms with Gasteiger partial charge in [-0.25, -0.2) is 0 Å². The van der Waals surface area contributed by atoms with Gasteiger partial charge in [0.15, 0.2) is 0 Å². The fourth-order valence-electron chi connectivity index (χ4n) is 7.80. The van der Waals surface area contributed by atoms with E-state index >= 15 is 0 Å².